The van der Waals surface area contributed by atoms with E-state index >= 15 is 0 Å². The van der Waals surface area contributed by atoms with Crippen molar-refractivity contribution in [2.24, 2.45) is 0 Å². The normalized spacial score (nSPS) is 21.3. The van der Waals surface area contributed by atoms with Crippen molar-refractivity contribution in [3.63, 3.8) is 0 Å². The van der Waals surface area contributed by atoms with Gasteiger partial charge in [0.15, 0.2) is 0 Å². The largest absolute Gasteiger partial charge is 0.463 e. The molecule has 2 amide bonds. The molecule has 1 unspecified atom stereocenters. The Balaban J connectivity index is 1.98. The average Bonchev–Trinajstić information content (AvgIpc) is 2.72. The summed E-state index contributed by atoms with van der Waals surface area (Å²) in [7, 11) is 1.72. The number of rotatable bonds is 6. The Hall–Kier alpha value is -2.38. The summed E-state index contributed by atoms with van der Waals surface area (Å²) in [5, 5.41) is 2.98. The molecule has 2 aliphatic heterocycles. The minimum atomic E-state index is -0.510. The number of carbonyl (C=O) groups excluding carboxylic acids is 2. The van der Waals surface area contributed by atoms with Crippen LogP contribution in [0.4, 0.5) is 4.79 Å². The first-order valence-corrected chi connectivity index (χ1v) is 10.4. The first-order valence-electron chi connectivity index (χ1n) is 10.4. The number of nitrogens with zero attached hydrogens (tertiary/aromatic N) is 3. The SMILES string of the molecule is CCOC(=O)C1=C(CN2CCN(CC)CC2)N(C)C(=O)NC1c1cccc(C)c1. The quantitative estimate of drug-likeness (QED) is 0.742. The summed E-state index contributed by atoms with van der Waals surface area (Å²) in [6.07, 6.45) is 0. The molecule has 158 valence electrons. The minimum absolute atomic E-state index is 0.202. The molecular formula is C22H32N4O3. The molecule has 1 aromatic carbocycles. The van der Waals surface area contributed by atoms with Crippen LogP contribution >= 0.6 is 0 Å². The fourth-order valence-corrected chi connectivity index (χ4v) is 3.97. The number of amides is 2. The maximum atomic E-state index is 13.0. The summed E-state index contributed by atoms with van der Waals surface area (Å²) < 4.78 is 5.40. The summed E-state index contributed by atoms with van der Waals surface area (Å²) in [4.78, 5) is 32.0. The highest BCUT2D eigenvalue weighted by molar-refractivity contribution is 5.95. The second-order valence-corrected chi connectivity index (χ2v) is 7.65. The molecule has 0 saturated carbocycles. The van der Waals surface area contributed by atoms with E-state index < -0.39 is 6.04 Å². The summed E-state index contributed by atoms with van der Waals surface area (Å²) in [6.45, 7) is 11.7. The van der Waals surface area contributed by atoms with E-state index in [0.717, 1.165) is 49.5 Å². The zero-order valence-corrected chi connectivity index (χ0v) is 17.9. The van der Waals surface area contributed by atoms with Crippen LogP contribution in [-0.4, -0.2) is 79.6 Å². The molecule has 2 heterocycles. The molecule has 29 heavy (non-hydrogen) atoms. The Labute approximate surface area is 173 Å². The summed E-state index contributed by atoms with van der Waals surface area (Å²) >= 11 is 0. The number of piperazine rings is 1. The summed E-state index contributed by atoms with van der Waals surface area (Å²) in [5.41, 5.74) is 3.22. The molecule has 1 atom stereocenters. The van der Waals surface area contributed by atoms with E-state index in [1.807, 2.05) is 31.2 Å². The second-order valence-electron chi connectivity index (χ2n) is 7.65. The van der Waals surface area contributed by atoms with E-state index in [1.54, 1.807) is 18.9 Å². The molecule has 3 rings (SSSR count). The van der Waals surface area contributed by atoms with Gasteiger partial charge in [-0.2, -0.15) is 0 Å². The zero-order valence-electron chi connectivity index (χ0n) is 17.9. The smallest absolute Gasteiger partial charge is 0.338 e. The van der Waals surface area contributed by atoms with Crippen LogP contribution in [0.15, 0.2) is 35.5 Å². The third-order valence-corrected chi connectivity index (χ3v) is 5.73. The maximum absolute atomic E-state index is 13.0. The minimum Gasteiger partial charge on any atom is -0.463 e. The lowest BCUT2D eigenvalue weighted by Crippen LogP contribution is -2.52. The molecule has 0 aromatic heterocycles. The Morgan fingerprint density at radius 1 is 1.17 bits per heavy atom. The van der Waals surface area contributed by atoms with Gasteiger partial charge in [0.2, 0.25) is 0 Å². The van der Waals surface area contributed by atoms with E-state index in [2.05, 4.69) is 22.0 Å². The van der Waals surface area contributed by atoms with Gasteiger partial charge in [-0.1, -0.05) is 36.8 Å². The van der Waals surface area contributed by atoms with Crippen LogP contribution in [0.3, 0.4) is 0 Å². The number of benzene rings is 1. The number of hydrogen-bond donors (Lipinski definition) is 1. The van der Waals surface area contributed by atoms with Gasteiger partial charge in [0.25, 0.3) is 0 Å². The summed E-state index contributed by atoms with van der Waals surface area (Å²) in [6, 6.07) is 7.19. The highest BCUT2D eigenvalue weighted by atomic mass is 16.5. The van der Waals surface area contributed by atoms with Gasteiger partial charge in [0, 0.05) is 45.5 Å². The molecular weight excluding hydrogens is 368 g/mol. The predicted octanol–water partition coefficient (Wildman–Crippen LogP) is 2.15. The van der Waals surface area contributed by atoms with E-state index in [4.69, 9.17) is 4.74 Å². The van der Waals surface area contributed by atoms with Gasteiger partial charge in [0.1, 0.15) is 0 Å². The molecule has 7 nitrogen and oxygen atoms in total. The monoisotopic (exact) mass is 400 g/mol. The molecule has 1 aromatic rings. The summed E-state index contributed by atoms with van der Waals surface area (Å²) in [5.74, 6) is -0.368. The first kappa shape index (κ1) is 21.3. The lowest BCUT2D eigenvalue weighted by molar-refractivity contribution is -0.139. The van der Waals surface area contributed by atoms with Crippen LogP contribution in [0.2, 0.25) is 0 Å². The number of nitrogens with one attached hydrogen (secondary N) is 1. The van der Waals surface area contributed by atoms with Crippen molar-refractivity contribution in [2.45, 2.75) is 26.8 Å². The van der Waals surface area contributed by atoms with E-state index in [-0.39, 0.29) is 12.0 Å². The van der Waals surface area contributed by atoms with Crippen molar-refractivity contribution in [2.75, 3.05) is 52.9 Å². The van der Waals surface area contributed by atoms with Gasteiger partial charge in [-0.15, -0.1) is 0 Å². The van der Waals surface area contributed by atoms with Gasteiger partial charge in [-0.05, 0) is 26.0 Å². The van der Waals surface area contributed by atoms with Gasteiger partial charge in [-0.3, -0.25) is 9.80 Å². The fourth-order valence-electron chi connectivity index (χ4n) is 3.97. The lowest BCUT2D eigenvalue weighted by atomic mass is 9.93. The van der Waals surface area contributed by atoms with Gasteiger partial charge in [0.05, 0.1) is 18.2 Å². The fraction of sp³-hybridized carbons (Fsp3) is 0.545. The topological polar surface area (TPSA) is 65.1 Å². The number of hydrogen-bond acceptors (Lipinski definition) is 5. The van der Waals surface area contributed by atoms with Crippen LogP contribution in [0.1, 0.15) is 31.0 Å². The van der Waals surface area contributed by atoms with E-state index in [9.17, 15) is 9.59 Å². The molecule has 0 bridgehead atoms. The number of likely N-dealkylation sites (N-methyl/N-ethyl adjacent to an activating group) is 2. The highest BCUT2D eigenvalue weighted by Crippen LogP contribution is 2.32. The standard InChI is InChI=1S/C22H32N4O3/c1-5-25-10-12-26(13-11-25)15-18-19(21(27)29-6-2)20(23-22(28)24(18)4)17-9-7-8-16(3)14-17/h7-9,14,20H,5-6,10-13,15H2,1-4H3,(H,23,28). The highest BCUT2D eigenvalue weighted by Gasteiger charge is 2.37. The Kier molecular flexibility index (Phi) is 6.92. The molecule has 1 N–H and O–H groups in total. The Bertz CT molecular complexity index is 784. The Morgan fingerprint density at radius 3 is 2.48 bits per heavy atom. The number of carbonyl (C=O) groups is 2. The van der Waals surface area contributed by atoms with Crippen molar-refractivity contribution in [3.05, 3.63) is 46.7 Å². The third kappa shape index (κ3) is 4.79. The average molecular weight is 401 g/mol. The number of aryl methyl sites for hydroxylation is 1. The number of ether oxygens (including phenoxy) is 1. The molecule has 1 fully saturated rings. The van der Waals surface area contributed by atoms with E-state index in [1.165, 1.54) is 0 Å². The predicted molar refractivity (Wildman–Crippen MR) is 112 cm³/mol. The van der Waals surface area contributed by atoms with Gasteiger partial charge >= 0.3 is 12.0 Å². The Morgan fingerprint density at radius 2 is 1.86 bits per heavy atom. The van der Waals surface area contributed by atoms with Crippen molar-refractivity contribution >= 4 is 12.0 Å². The van der Waals surface area contributed by atoms with Crippen LogP contribution in [0.5, 0.6) is 0 Å². The van der Waals surface area contributed by atoms with Gasteiger partial charge in [-0.25, -0.2) is 9.59 Å². The van der Waals surface area contributed by atoms with Crippen molar-refractivity contribution in [1.29, 1.82) is 0 Å². The van der Waals surface area contributed by atoms with Crippen molar-refractivity contribution in [3.8, 4) is 0 Å². The van der Waals surface area contributed by atoms with Gasteiger partial charge < -0.3 is 15.0 Å². The molecule has 1 saturated heterocycles. The van der Waals surface area contributed by atoms with Crippen LogP contribution in [-0.2, 0) is 9.53 Å². The van der Waals surface area contributed by atoms with E-state index in [0.29, 0.717) is 18.7 Å². The number of esters is 1. The molecule has 2 aliphatic rings. The van der Waals surface area contributed by atoms with Crippen molar-refractivity contribution in [1.82, 2.24) is 20.0 Å². The molecule has 0 radical (unpaired) electrons. The first-order chi connectivity index (χ1) is 13.9. The lowest BCUT2D eigenvalue weighted by Gasteiger charge is -2.39. The third-order valence-electron chi connectivity index (χ3n) is 5.73. The molecule has 0 aliphatic carbocycles. The maximum Gasteiger partial charge on any atom is 0.338 e. The second kappa shape index (κ2) is 9.41. The molecule has 0 spiro atoms. The van der Waals surface area contributed by atoms with Crippen LogP contribution in [0.25, 0.3) is 0 Å². The van der Waals surface area contributed by atoms with Crippen LogP contribution in [0, 0.1) is 6.92 Å². The van der Waals surface area contributed by atoms with Crippen LogP contribution < -0.4 is 5.32 Å². The van der Waals surface area contributed by atoms with Crippen molar-refractivity contribution < 1.29 is 14.3 Å². The number of urea groups is 1. The zero-order chi connectivity index (χ0) is 21.0. The molecule has 7 heteroatoms.